The van der Waals surface area contributed by atoms with Crippen molar-refractivity contribution in [2.24, 2.45) is 23.7 Å². The van der Waals surface area contributed by atoms with Crippen LogP contribution in [-0.2, 0) is 38.1 Å². The molecule has 0 radical (unpaired) electrons. The van der Waals surface area contributed by atoms with E-state index < -0.39 is 97.9 Å². The SMILES string of the molecule is CCC1CC(C(=O)NCCNCCCCCO)C(CO[C@@H]2OC(CO)[C@H](O)C(O[C@@H](CC3CCCCC3)C(=O)N3CCC3)C2NC(C)=O)CC1O[C@@H]1OC(C)[C@@H](O)C(O)C1O. The van der Waals surface area contributed by atoms with Gasteiger partial charge in [-0.3, -0.25) is 14.4 Å². The fraction of sp³-hybridized carbons (Fsp3) is 0.930. The first-order chi connectivity index (χ1) is 29.4. The Labute approximate surface area is 360 Å². The van der Waals surface area contributed by atoms with Gasteiger partial charge in [0.05, 0.1) is 25.4 Å². The molecule has 5 aliphatic rings. The zero-order valence-electron chi connectivity index (χ0n) is 36.5. The molecule has 61 heavy (non-hydrogen) atoms. The number of aliphatic hydroxyl groups excluding tert-OH is 6. The Morgan fingerprint density at radius 2 is 1.59 bits per heavy atom. The highest BCUT2D eigenvalue weighted by atomic mass is 16.7. The maximum absolute atomic E-state index is 14.0. The Morgan fingerprint density at radius 3 is 2.25 bits per heavy atom. The minimum absolute atomic E-state index is 0.0801. The summed E-state index contributed by atoms with van der Waals surface area (Å²) in [5, 5.41) is 72.0. The van der Waals surface area contributed by atoms with Crippen molar-refractivity contribution in [1.29, 1.82) is 0 Å². The molecule has 2 saturated carbocycles. The number of likely N-dealkylation sites (tertiary alicyclic amines) is 1. The van der Waals surface area contributed by atoms with E-state index in [0.717, 1.165) is 64.3 Å². The van der Waals surface area contributed by atoms with Gasteiger partial charge in [-0.1, -0.05) is 45.4 Å². The quantitative estimate of drug-likeness (QED) is 0.0632. The van der Waals surface area contributed by atoms with Crippen molar-refractivity contribution < 1.29 is 68.7 Å². The summed E-state index contributed by atoms with van der Waals surface area (Å²) >= 11 is 0. The van der Waals surface area contributed by atoms with Gasteiger partial charge in [-0.2, -0.15) is 0 Å². The number of hydrogen-bond acceptors (Lipinski definition) is 15. The smallest absolute Gasteiger partial charge is 0.251 e. The highest BCUT2D eigenvalue weighted by molar-refractivity contribution is 5.81. The van der Waals surface area contributed by atoms with Gasteiger partial charge in [0.15, 0.2) is 12.6 Å². The van der Waals surface area contributed by atoms with Gasteiger partial charge in [0.25, 0.3) is 5.91 Å². The van der Waals surface area contributed by atoms with Crippen LogP contribution in [0.1, 0.15) is 104 Å². The lowest BCUT2D eigenvalue weighted by Crippen LogP contribution is -2.66. The van der Waals surface area contributed by atoms with Crippen LogP contribution in [0.3, 0.4) is 0 Å². The molecule has 2 aliphatic carbocycles. The van der Waals surface area contributed by atoms with Crippen LogP contribution in [0.4, 0.5) is 0 Å². The second kappa shape index (κ2) is 24.8. The maximum atomic E-state index is 14.0. The molecule has 3 amide bonds. The molecular formula is C43H76N4O14. The Hall–Kier alpha value is -2.07. The lowest BCUT2D eigenvalue weighted by atomic mass is 9.71. The van der Waals surface area contributed by atoms with E-state index in [0.29, 0.717) is 45.4 Å². The number of hydrogen-bond donors (Lipinski definition) is 9. The summed E-state index contributed by atoms with van der Waals surface area (Å²) in [5.41, 5.74) is 0. The predicted octanol–water partition coefficient (Wildman–Crippen LogP) is -0.324. The molecule has 3 saturated heterocycles. The molecule has 0 aromatic heterocycles. The fourth-order valence-corrected chi connectivity index (χ4v) is 9.64. The van der Waals surface area contributed by atoms with Crippen LogP contribution >= 0.6 is 0 Å². The molecule has 18 heteroatoms. The number of rotatable bonds is 22. The van der Waals surface area contributed by atoms with E-state index in [4.69, 9.17) is 28.8 Å². The number of carbonyl (C=O) groups is 3. The van der Waals surface area contributed by atoms with Crippen molar-refractivity contribution in [3.63, 3.8) is 0 Å². The van der Waals surface area contributed by atoms with Gasteiger partial charge in [-0.25, -0.2) is 0 Å². The number of unbranched alkanes of at least 4 members (excludes halogenated alkanes) is 2. The van der Waals surface area contributed by atoms with Crippen molar-refractivity contribution in [2.75, 3.05) is 52.5 Å². The molecule has 0 aromatic rings. The number of nitrogens with zero attached hydrogens (tertiary/aromatic N) is 1. The summed E-state index contributed by atoms with van der Waals surface area (Å²) in [6.45, 7) is 7.29. The molecule has 0 spiro atoms. The molecule has 0 bridgehead atoms. The van der Waals surface area contributed by atoms with E-state index >= 15 is 0 Å². The number of nitrogens with one attached hydrogen (secondary N) is 3. The number of aliphatic hydroxyl groups is 6. The predicted molar refractivity (Wildman–Crippen MR) is 220 cm³/mol. The summed E-state index contributed by atoms with van der Waals surface area (Å²) in [5.74, 6) is -1.74. The molecule has 18 nitrogen and oxygen atoms in total. The largest absolute Gasteiger partial charge is 0.396 e. The van der Waals surface area contributed by atoms with Crippen LogP contribution < -0.4 is 16.0 Å². The first-order valence-corrected chi connectivity index (χ1v) is 23.1. The maximum Gasteiger partial charge on any atom is 0.251 e. The van der Waals surface area contributed by atoms with Crippen LogP contribution in [0.2, 0.25) is 0 Å². The molecule has 0 aromatic carbocycles. The molecule has 5 rings (SSSR count). The van der Waals surface area contributed by atoms with Gasteiger partial charge in [-0.05, 0) is 76.2 Å². The molecule has 3 aliphatic heterocycles. The van der Waals surface area contributed by atoms with Gasteiger partial charge in [0.2, 0.25) is 11.8 Å². The fourth-order valence-electron chi connectivity index (χ4n) is 9.64. The van der Waals surface area contributed by atoms with Gasteiger partial charge in [0, 0.05) is 45.6 Å². The third kappa shape index (κ3) is 13.7. The van der Waals surface area contributed by atoms with Crippen LogP contribution in [0, 0.1) is 23.7 Å². The van der Waals surface area contributed by atoms with Crippen molar-refractivity contribution in [2.45, 2.75) is 178 Å². The molecule has 3 heterocycles. The highest BCUT2D eigenvalue weighted by Gasteiger charge is 2.51. The summed E-state index contributed by atoms with van der Waals surface area (Å²) in [6.07, 6.45) is -2.39. The first kappa shape index (κ1) is 49.9. The number of amides is 3. The van der Waals surface area contributed by atoms with E-state index in [2.05, 4.69) is 16.0 Å². The van der Waals surface area contributed by atoms with Gasteiger partial charge >= 0.3 is 0 Å². The van der Waals surface area contributed by atoms with Crippen LogP contribution in [-0.4, -0.2) is 179 Å². The van der Waals surface area contributed by atoms with E-state index in [-0.39, 0.29) is 43.3 Å². The average molecular weight is 873 g/mol. The van der Waals surface area contributed by atoms with Gasteiger partial charge in [0.1, 0.15) is 48.8 Å². The Kier molecular flexibility index (Phi) is 20.3. The minimum atomic E-state index is -1.52. The molecular weight excluding hydrogens is 796 g/mol. The second-order valence-electron chi connectivity index (χ2n) is 18.0. The van der Waals surface area contributed by atoms with Crippen LogP contribution in [0.25, 0.3) is 0 Å². The summed E-state index contributed by atoms with van der Waals surface area (Å²) < 4.78 is 31.4. The second-order valence-corrected chi connectivity index (χ2v) is 18.0. The lowest BCUT2D eigenvalue weighted by molar-refractivity contribution is -0.313. The third-order valence-corrected chi connectivity index (χ3v) is 13.5. The Morgan fingerprint density at radius 1 is 0.836 bits per heavy atom. The van der Waals surface area contributed by atoms with Crippen molar-refractivity contribution >= 4 is 17.7 Å². The van der Waals surface area contributed by atoms with E-state index in [1.54, 1.807) is 11.8 Å². The monoisotopic (exact) mass is 873 g/mol. The van der Waals surface area contributed by atoms with E-state index in [1.807, 2.05) is 6.92 Å². The summed E-state index contributed by atoms with van der Waals surface area (Å²) in [7, 11) is 0. The highest BCUT2D eigenvalue weighted by Crippen LogP contribution is 2.40. The first-order valence-electron chi connectivity index (χ1n) is 23.1. The average Bonchev–Trinajstić information content (AvgIpc) is 3.22. The van der Waals surface area contributed by atoms with Crippen molar-refractivity contribution in [3.05, 3.63) is 0 Å². The molecule has 10 unspecified atom stereocenters. The lowest BCUT2D eigenvalue weighted by Gasteiger charge is -2.47. The van der Waals surface area contributed by atoms with Crippen molar-refractivity contribution in [3.8, 4) is 0 Å². The third-order valence-electron chi connectivity index (χ3n) is 13.5. The summed E-state index contributed by atoms with van der Waals surface area (Å²) in [4.78, 5) is 42.4. The summed E-state index contributed by atoms with van der Waals surface area (Å²) in [6, 6.07) is -1.09. The Bertz CT molecular complexity index is 1340. The molecule has 352 valence electrons. The standard InChI is InChI=1S/C43H76N4O14/c1-4-28-21-30(40(55)45-16-15-44-14-9-6-10-19-48)29(22-31(28)60-43-38(54)37(53)35(51)25(2)58-43)24-57-42-34(46-26(3)50)39(36(52)33(23-49)61-42)59-32(41(56)47-17-11-18-47)20-27-12-7-5-8-13-27/h25,27-39,42-44,48-49,51-54H,4-24H2,1-3H3,(H,45,55)(H,46,50)/t25?,28?,29?,30?,31?,32-,33?,34?,35+,36-,37?,38?,39?,42+,43-/m0/s1. The topological polar surface area (TPSA) is 258 Å². The van der Waals surface area contributed by atoms with Crippen LogP contribution in [0.5, 0.6) is 0 Å². The van der Waals surface area contributed by atoms with Gasteiger partial charge in [-0.15, -0.1) is 0 Å². The minimum Gasteiger partial charge on any atom is -0.396 e. The Balaban J connectivity index is 1.35. The molecule has 15 atom stereocenters. The zero-order valence-corrected chi connectivity index (χ0v) is 36.5. The van der Waals surface area contributed by atoms with Crippen LogP contribution in [0.15, 0.2) is 0 Å². The normalized spacial score (nSPS) is 36.5. The number of carbonyl (C=O) groups excluding carboxylic acids is 3. The van der Waals surface area contributed by atoms with E-state index in [1.165, 1.54) is 6.92 Å². The van der Waals surface area contributed by atoms with Gasteiger partial charge < -0.3 is 75.2 Å². The number of ether oxygens (including phenoxy) is 5. The van der Waals surface area contributed by atoms with E-state index in [9.17, 15) is 39.9 Å². The van der Waals surface area contributed by atoms with Crippen molar-refractivity contribution in [1.82, 2.24) is 20.9 Å². The zero-order chi connectivity index (χ0) is 44.1. The molecule has 9 N–H and O–H groups in total. The molecule has 5 fully saturated rings.